The molecule has 0 aliphatic carbocycles. The second kappa shape index (κ2) is 52.4. The molecule has 0 unspecified atom stereocenters. The summed E-state index contributed by atoms with van der Waals surface area (Å²) in [5.74, 6) is -8.07. The van der Waals surface area contributed by atoms with Gasteiger partial charge in [-0.2, -0.15) is 29.2 Å². The number of carbonyl (C=O) groups is 12. The van der Waals surface area contributed by atoms with Crippen molar-refractivity contribution in [3.05, 3.63) is 149 Å². The van der Waals surface area contributed by atoms with Gasteiger partial charge in [-0.25, -0.2) is 42.8 Å². The Hall–Kier alpha value is -11.6. The van der Waals surface area contributed by atoms with Crippen molar-refractivity contribution in [1.82, 2.24) is 59.0 Å². The molecule has 35 nitrogen and oxygen atoms in total. The molecular weight excluding hydrogens is 1580 g/mol. The van der Waals surface area contributed by atoms with Gasteiger partial charge in [0.15, 0.2) is 16.5 Å². The van der Waals surface area contributed by atoms with Crippen LogP contribution in [0.3, 0.4) is 0 Å². The zero-order valence-corrected chi connectivity index (χ0v) is 66.5. The van der Waals surface area contributed by atoms with E-state index >= 15 is 0 Å². The van der Waals surface area contributed by atoms with Gasteiger partial charge in [0.05, 0.1) is 74.6 Å². The van der Waals surface area contributed by atoms with Crippen molar-refractivity contribution in [2.75, 3.05) is 57.7 Å². The van der Waals surface area contributed by atoms with Crippen LogP contribution in [0.1, 0.15) is 177 Å². The Morgan fingerprint density at radius 1 is 0.458 bits per heavy atom. The van der Waals surface area contributed by atoms with E-state index in [-0.39, 0.29) is 119 Å². The highest BCUT2D eigenvalue weighted by molar-refractivity contribution is 5.97. The highest BCUT2D eigenvalue weighted by Gasteiger charge is 2.42. The number of carbonyl (C=O) groups excluding carboxylic acids is 12. The predicted molar refractivity (Wildman–Crippen MR) is 421 cm³/mol. The van der Waals surface area contributed by atoms with Crippen molar-refractivity contribution in [1.29, 1.82) is 0 Å². The first-order valence-corrected chi connectivity index (χ1v) is 39.4. The molecule has 0 radical (unpaired) electrons. The maximum Gasteiger partial charge on any atom is 0.270 e. The molecule has 8 atom stereocenters. The van der Waals surface area contributed by atoms with E-state index < -0.39 is 88.8 Å². The predicted octanol–water partition coefficient (Wildman–Crippen LogP) is 7.63. The van der Waals surface area contributed by atoms with E-state index in [2.05, 4.69) is 25.3 Å². The summed E-state index contributed by atoms with van der Waals surface area (Å²) >= 11 is 0. The molecule has 7 N–H and O–H groups in total. The van der Waals surface area contributed by atoms with Gasteiger partial charge in [-0.15, -0.1) is 0 Å². The van der Waals surface area contributed by atoms with Gasteiger partial charge in [0.1, 0.15) is 59.9 Å². The van der Waals surface area contributed by atoms with Crippen LogP contribution >= 0.6 is 0 Å². The number of hydrogen-bond donors (Lipinski definition) is 7. The summed E-state index contributed by atoms with van der Waals surface area (Å²) in [5.41, 5.74) is 0.482. The largest absolute Gasteiger partial charge is 0.427 e. The molecule has 0 saturated carbocycles. The third-order valence-electron chi connectivity index (χ3n) is 19.9. The number of pyridine rings is 4. The Morgan fingerprint density at radius 2 is 0.775 bits per heavy atom. The number of hydrogen-bond acceptors (Lipinski definition) is 20. The van der Waals surface area contributed by atoms with Crippen molar-refractivity contribution in [3.8, 4) is 0 Å². The van der Waals surface area contributed by atoms with Crippen LogP contribution in [-0.4, -0.2) is 240 Å². The molecule has 5 aromatic rings. The lowest BCUT2D eigenvalue weighted by atomic mass is 9.99. The highest BCUT2D eigenvalue weighted by atomic mass is 19.1. The second-order valence-electron chi connectivity index (χ2n) is 28.6. The molecular formula is C81H114F4N16O19. The van der Waals surface area contributed by atoms with Crippen LogP contribution in [0, 0.1) is 46.9 Å². The number of unbranched alkanes of at least 4 members (excludes halogenated alkanes) is 4. The van der Waals surface area contributed by atoms with E-state index in [4.69, 9.17) is 4.84 Å². The van der Waals surface area contributed by atoms with Crippen molar-refractivity contribution in [2.24, 2.45) is 38.6 Å². The summed E-state index contributed by atoms with van der Waals surface area (Å²) in [5, 5.41) is 62.6. The number of rotatable bonds is 36. The Kier molecular flexibility index (Phi) is 44.0. The number of nitrogens with zero attached hydrogens (tertiary/aromatic N) is 15. The first kappa shape index (κ1) is 101. The van der Waals surface area contributed by atoms with Crippen LogP contribution in [-0.2, 0) is 69.0 Å². The molecule has 660 valence electrons. The van der Waals surface area contributed by atoms with Crippen LogP contribution in [0.15, 0.2) is 119 Å². The monoisotopic (exact) mass is 1690 g/mol. The number of aromatic nitrogens is 4. The van der Waals surface area contributed by atoms with Gasteiger partial charge in [-0.1, -0.05) is 124 Å². The molecule has 120 heavy (non-hydrogen) atoms. The van der Waals surface area contributed by atoms with Gasteiger partial charge in [0.2, 0.25) is 55.2 Å². The third-order valence-corrected chi connectivity index (χ3v) is 19.9. The summed E-state index contributed by atoms with van der Waals surface area (Å²) in [7, 11) is 0. The van der Waals surface area contributed by atoms with E-state index in [1.165, 1.54) is 37.8 Å². The maximum atomic E-state index is 13.5. The molecule has 1 aromatic carbocycles. The van der Waals surface area contributed by atoms with Crippen LogP contribution in [0.2, 0.25) is 0 Å². The summed E-state index contributed by atoms with van der Waals surface area (Å²) in [6, 6.07) is 15.6. The normalized spacial score (nSPS) is 17.3. The van der Waals surface area contributed by atoms with E-state index in [1.54, 1.807) is 0 Å². The van der Waals surface area contributed by atoms with Gasteiger partial charge in [-0.3, -0.25) is 78.0 Å². The average molecular weight is 1690 g/mol. The van der Waals surface area contributed by atoms with E-state index in [1.807, 2.05) is 58.0 Å². The van der Waals surface area contributed by atoms with Crippen LogP contribution < -0.4 is 21.8 Å². The van der Waals surface area contributed by atoms with Crippen molar-refractivity contribution < 1.29 is 111 Å². The third kappa shape index (κ3) is 31.3. The number of amides is 12. The SMILES string of the molecule is C.C.CCCC[C@H](CN(C=O)OCc1ccccc1)C(=O)N1CCC[C@H]1C(=O)N=c1ccc(F)cn1O.CCCC[C@H](CN(O)C=O)C(=O)N1CCC[C@H]1C(=O)N=c1ccc(F)cn1O.CCCC[C@H](CN(O)C=O)C(=O)N1CCC[C@H]1C(=O)N=c1ccc(F)cn1O.CCCC[C@H](CN(O)C=O)C(=O)N1CCC[C@H]1C(=O)Nc1ccc(F)cn1. The van der Waals surface area contributed by atoms with Gasteiger partial charge in [0, 0.05) is 26.2 Å². The molecule has 39 heteroatoms. The van der Waals surface area contributed by atoms with Crippen molar-refractivity contribution in [3.63, 3.8) is 0 Å². The number of likely N-dealkylation sites (tertiary alicyclic amines) is 4. The standard InChI is InChI=1S/C25H31FN4O5.2C18H25FN4O5.C18H25FN4O4.2CH4/c1-2-3-10-20(15-28(18-31)35-17-19-8-5-4-6-9-19)25(33)29-14-7-11-22(29)24(32)27-23-13-12-21(26)16-30(23)34;2*1-2-3-5-13(10-21(27)12-24)18(26)22-9-4-6-15(22)17(25)20-16-8-7-14(19)11-23(16)28;1-2-3-5-13(11-22(27)12-24)18(26)23-9-4-6-15(23)17(25)21-16-8-7-14(19)10-20-16;;/h4-6,8-9,12-13,16,18,20,22,34H,2-3,7,10-11,14-15,17H2,1H3;2*7-8,11-13,15,27-28H,2-6,9-10H2,1H3;7-8,10,12-13,15,27H,2-6,9,11H2,1H3,(H,20,21,25);2*1H4/t20-,22+;3*13-,15+;;/m1111../s1. The van der Waals surface area contributed by atoms with Gasteiger partial charge in [0.25, 0.3) is 17.7 Å². The molecule has 4 fully saturated rings. The van der Waals surface area contributed by atoms with E-state index in [0.29, 0.717) is 139 Å². The highest BCUT2D eigenvalue weighted by Crippen LogP contribution is 2.29. The first-order chi connectivity index (χ1) is 56.6. The first-order valence-electron chi connectivity index (χ1n) is 39.4. The topological polar surface area (TPSA) is 438 Å². The second-order valence-corrected chi connectivity index (χ2v) is 28.6. The van der Waals surface area contributed by atoms with Crippen molar-refractivity contribution in [2.45, 2.75) is 202 Å². The fourth-order valence-corrected chi connectivity index (χ4v) is 13.8. The molecule has 4 aliphatic heterocycles. The summed E-state index contributed by atoms with van der Waals surface area (Å²) in [6.45, 7) is 9.34. The average Bonchev–Trinajstić information content (AvgIpc) is 1.68. The van der Waals surface area contributed by atoms with Gasteiger partial charge >= 0.3 is 0 Å². The minimum atomic E-state index is -0.801. The summed E-state index contributed by atoms with van der Waals surface area (Å²) in [4.78, 5) is 174. The zero-order chi connectivity index (χ0) is 86.4. The minimum Gasteiger partial charge on any atom is -0.427 e. The van der Waals surface area contributed by atoms with Gasteiger partial charge < -0.3 is 40.5 Å². The zero-order valence-electron chi connectivity index (χ0n) is 66.5. The lowest BCUT2D eigenvalue weighted by molar-refractivity contribution is -0.183. The molecule has 4 aromatic heterocycles. The molecule has 0 bridgehead atoms. The van der Waals surface area contributed by atoms with Gasteiger partial charge in [-0.05, 0) is 131 Å². The molecule has 0 spiro atoms. The van der Waals surface area contributed by atoms with Crippen LogP contribution in [0.5, 0.6) is 0 Å². The number of hydroxylamine groups is 8. The summed E-state index contributed by atoms with van der Waals surface area (Å²) < 4.78 is 53.6. The molecule has 12 amide bonds. The number of benzene rings is 1. The lowest BCUT2D eigenvalue weighted by Crippen LogP contribution is -2.47. The Bertz CT molecular complexity index is 4240. The quantitative estimate of drug-likeness (QED) is 0.00666. The number of halogens is 4. The smallest absolute Gasteiger partial charge is 0.270 e. The number of nitrogens with one attached hydrogen (secondary N) is 1. The Balaban J connectivity index is 0.000000336. The van der Waals surface area contributed by atoms with Crippen LogP contribution in [0.4, 0.5) is 23.4 Å². The molecule has 9 rings (SSSR count). The van der Waals surface area contributed by atoms with E-state index in [0.717, 1.165) is 117 Å². The fraction of sp³-hybridized carbons (Fsp3) is 0.531. The molecule has 8 heterocycles. The number of anilines is 1. The summed E-state index contributed by atoms with van der Waals surface area (Å²) in [6.07, 6.45) is 17.4. The van der Waals surface area contributed by atoms with E-state index in [9.17, 15) is 106 Å². The minimum absolute atomic E-state index is 0. The molecule has 4 aliphatic rings. The molecule has 4 saturated heterocycles. The Labute approximate surface area is 693 Å². The van der Waals surface area contributed by atoms with Crippen LogP contribution in [0.25, 0.3) is 0 Å². The lowest BCUT2D eigenvalue weighted by Gasteiger charge is -2.29. The Morgan fingerprint density at radius 3 is 1.07 bits per heavy atom. The van der Waals surface area contributed by atoms with Crippen molar-refractivity contribution >= 4 is 78.7 Å². The maximum absolute atomic E-state index is 13.5. The fourth-order valence-electron chi connectivity index (χ4n) is 13.8.